The van der Waals surface area contributed by atoms with E-state index in [1.54, 1.807) is 12.4 Å². The third-order valence-electron chi connectivity index (χ3n) is 3.48. The molecule has 1 heterocycles. The van der Waals surface area contributed by atoms with E-state index >= 15 is 0 Å². The molecule has 0 bridgehead atoms. The first-order valence-electron chi connectivity index (χ1n) is 6.55. The molecular formula is C13H19ClN2O2S. The summed E-state index contributed by atoms with van der Waals surface area (Å²) in [6.07, 6.45) is 6.78. The second-order valence-electron chi connectivity index (χ2n) is 5.05. The fourth-order valence-corrected chi connectivity index (χ4v) is 3.83. The topological polar surface area (TPSA) is 59.1 Å². The lowest BCUT2D eigenvalue weighted by atomic mass is 10.1. The Balaban J connectivity index is 1.76. The minimum absolute atomic E-state index is 0.119. The molecule has 19 heavy (non-hydrogen) atoms. The van der Waals surface area contributed by atoms with Gasteiger partial charge in [0.1, 0.15) is 0 Å². The predicted molar refractivity (Wildman–Crippen MR) is 76.7 cm³/mol. The summed E-state index contributed by atoms with van der Waals surface area (Å²) in [5, 5.41) is 0.214. The van der Waals surface area contributed by atoms with E-state index in [1.165, 1.54) is 0 Å². The summed E-state index contributed by atoms with van der Waals surface area (Å²) in [5.74, 6) is 0.506. The van der Waals surface area contributed by atoms with Gasteiger partial charge in [0.15, 0.2) is 0 Å². The van der Waals surface area contributed by atoms with Gasteiger partial charge in [0.05, 0.1) is 5.75 Å². The van der Waals surface area contributed by atoms with Crippen LogP contribution < -0.4 is 4.72 Å². The van der Waals surface area contributed by atoms with Gasteiger partial charge in [0, 0.05) is 24.3 Å². The molecule has 2 unspecified atom stereocenters. The Morgan fingerprint density at radius 1 is 1.32 bits per heavy atom. The summed E-state index contributed by atoms with van der Waals surface area (Å²) in [6.45, 7) is 0.516. The molecule has 0 radical (unpaired) electrons. The maximum Gasteiger partial charge on any atom is 0.211 e. The number of hydrogen-bond acceptors (Lipinski definition) is 3. The number of aryl methyl sites for hydroxylation is 1. The molecule has 4 nitrogen and oxygen atoms in total. The average Bonchev–Trinajstić information content (AvgIpc) is 2.82. The van der Waals surface area contributed by atoms with Crippen LogP contribution in [0.3, 0.4) is 0 Å². The van der Waals surface area contributed by atoms with Gasteiger partial charge >= 0.3 is 0 Å². The van der Waals surface area contributed by atoms with Crippen LogP contribution in [-0.4, -0.2) is 31.1 Å². The minimum Gasteiger partial charge on any atom is -0.265 e. The first-order chi connectivity index (χ1) is 9.05. The highest BCUT2D eigenvalue weighted by Crippen LogP contribution is 2.28. The van der Waals surface area contributed by atoms with Crippen molar-refractivity contribution in [3.63, 3.8) is 0 Å². The Bertz CT molecular complexity index is 493. The summed E-state index contributed by atoms with van der Waals surface area (Å²) in [7, 11) is -3.20. The Morgan fingerprint density at radius 3 is 2.68 bits per heavy atom. The van der Waals surface area contributed by atoms with E-state index in [9.17, 15) is 8.42 Å². The molecule has 1 fully saturated rings. The number of aromatic nitrogens is 1. The summed E-state index contributed by atoms with van der Waals surface area (Å²) in [4.78, 5) is 3.91. The number of rotatable bonds is 6. The van der Waals surface area contributed by atoms with Crippen LogP contribution in [0.15, 0.2) is 24.5 Å². The van der Waals surface area contributed by atoms with E-state index in [2.05, 4.69) is 9.71 Å². The molecule has 1 aromatic rings. The smallest absolute Gasteiger partial charge is 0.211 e. The SMILES string of the molecule is O=S(=O)(CCc1ccncc1)NCC1CCC(Cl)C1. The zero-order valence-electron chi connectivity index (χ0n) is 10.8. The van der Waals surface area contributed by atoms with Crippen molar-refractivity contribution in [2.24, 2.45) is 5.92 Å². The molecule has 0 saturated heterocycles. The average molecular weight is 303 g/mol. The van der Waals surface area contributed by atoms with Crippen molar-refractivity contribution in [1.82, 2.24) is 9.71 Å². The highest BCUT2D eigenvalue weighted by molar-refractivity contribution is 7.89. The van der Waals surface area contributed by atoms with Crippen molar-refractivity contribution in [3.05, 3.63) is 30.1 Å². The van der Waals surface area contributed by atoms with E-state index < -0.39 is 10.0 Å². The van der Waals surface area contributed by atoms with Crippen LogP contribution in [0.25, 0.3) is 0 Å². The van der Waals surface area contributed by atoms with Gasteiger partial charge in [-0.15, -0.1) is 11.6 Å². The van der Waals surface area contributed by atoms with Crippen molar-refractivity contribution >= 4 is 21.6 Å². The summed E-state index contributed by atoms with van der Waals surface area (Å²) >= 11 is 6.01. The van der Waals surface area contributed by atoms with Crippen LogP contribution in [0, 0.1) is 5.92 Å². The van der Waals surface area contributed by atoms with Crippen molar-refractivity contribution in [2.45, 2.75) is 31.1 Å². The Morgan fingerprint density at radius 2 is 2.05 bits per heavy atom. The quantitative estimate of drug-likeness (QED) is 0.817. The van der Waals surface area contributed by atoms with Gasteiger partial charge in [-0.3, -0.25) is 4.98 Å². The van der Waals surface area contributed by atoms with Crippen LogP contribution in [0.4, 0.5) is 0 Å². The van der Waals surface area contributed by atoms with E-state index in [1.807, 2.05) is 12.1 Å². The van der Waals surface area contributed by atoms with Gasteiger partial charge in [-0.05, 0) is 49.3 Å². The van der Waals surface area contributed by atoms with Gasteiger partial charge in [-0.2, -0.15) is 0 Å². The van der Waals surface area contributed by atoms with E-state index in [4.69, 9.17) is 11.6 Å². The van der Waals surface area contributed by atoms with E-state index in [-0.39, 0.29) is 11.1 Å². The standard InChI is InChI=1S/C13H19ClN2O2S/c14-13-2-1-12(9-13)10-16-19(17,18)8-5-11-3-6-15-7-4-11/h3-4,6-7,12-13,16H,1-2,5,8-10H2. The Hall–Kier alpha value is -0.650. The predicted octanol–water partition coefficient (Wildman–Crippen LogP) is 1.95. The lowest BCUT2D eigenvalue weighted by molar-refractivity contribution is 0.520. The molecule has 2 rings (SSSR count). The molecule has 0 amide bonds. The molecule has 6 heteroatoms. The van der Waals surface area contributed by atoms with Crippen molar-refractivity contribution < 1.29 is 8.42 Å². The maximum absolute atomic E-state index is 11.9. The fraction of sp³-hybridized carbons (Fsp3) is 0.615. The third kappa shape index (κ3) is 5.09. The van der Waals surface area contributed by atoms with Crippen molar-refractivity contribution in [2.75, 3.05) is 12.3 Å². The first kappa shape index (κ1) is 14.8. The van der Waals surface area contributed by atoms with Gasteiger partial charge in [-0.25, -0.2) is 13.1 Å². The Labute approximate surface area is 119 Å². The van der Waals surface area contributed by atoms with Crippen molar-refractivity contribution in [3.8, 4) is 0 Å². The van der Waals surface area contributed by atoms with E-state index in [0.717, 1.165) is 24.8 Å². The normalized spacial score (nSPS) is 23.6. The molecule has 2 atom stereocenters. The van der Waals surface area contributed by atoms with Crippen LogP contribution >= 0.6 is 11.6 Å². The molecule has 106 valence electrons. The van der Waals surface area contributed by atoms with Gasteiger partial charge in [0.25, 0.3) is 0 Å². The molecule has 1 aliphatic carbocycles. The fourth-order valence-electron chi connectivity index (χ4n) is 2.32. The minimum atomic E-state index is -3.20. The summed E-state index contributed by atoms with van der Waals surface area (Å²) in [5.41, 5.74) is 0.988. The number of sulfonamides is 1. The number of hydrogen-bond donors (Lipinski definition) is 1. The molecular weight excluding hydrogens is 284 g/mol. The summed E-state index contributed by atoms with van der Waals surface area (Å²) in [6, 6.07) is 3.68. The number of nitrogens with zero attached hydrogens (tertiary/aromatic N) is 1. The summed E-state index contributed by atoms with van der Waals surface area (Å²) < 4.78 is 26.5. The first-order valence-corrected chi connectivity index (χ1v) is 8.64. The monoisotopic (exact) mass is 302 g/mol. The van der Waals surface area contributed by atoms with Gasteiger partial charge in [-0.1, -0.05) is 0 Å². The van der Waals surface area contributed by atoms with Gasteiger partial charge < -0.3 is 0 Å². The highest BCUT2D eigenvalue weighted by atomic mass is 35.5. The maximum atomic E-state index is 11.9. The van der Waals surface area contributed by atoms with Gasteiger partial charge in [0.2, 0.25) is 10.0 Å². The zero-order valence-corrected chi connectivity index (χ0v) is 12.3. The Kier molecular flexibility index (Phi) is 5.19. The second-order valence-corrected chi connectivity index (χ2v) is 7.59. The number of pyridine rings is 1. The third-order valence-corrected chi connectivity index (χ3v) is 5.22. The highest BCUT2D eigenvalue weighted by Gasteiger charge is 2.24. The number of alkyl halides is 1. The van der Waals surface area contributed by atoms with Crippen LogP contribution in [0.1, 0.15) is 24.8 Å². The molecule has 1 N–H and O–H groups in total. The zero-order chi connectivity index (χ0) is 13.7. The molecule has 1 aliphatic rings. The molecule has 0 spiro atoms. The lowest BCUT2D eigenvalue weighted by Gasteiger charge is -2.11. The largest absolute Gasteiger partial charge is 0.265 e. The lowest BCUT2D eigenvalue weighted by Crippen LogP contribution is -2.31. The van der Waals surface area contributed by atoms with Crippen molar-refractivity contribution in [1.29, 1.82) is 0 Å². The van der Waals surface area contributed by atoms with Crippen LogP contribution in [0.5, 0.6) is 0 Å². The molecule has 1 saturated carbocycles. The molecule has 0 aliphatic heterocycles. The molecule has 1 aromatic heterocycles. The van der Waals surface area contributed by atoms with Crippen LogP contribution in [-0.2, 0) is 16.4 Å². The van der Waals surface area contributed by atoms with E-state index in [0.29, 0.717) is 18.9 Å². The second kappa shape index (κ2) is 6.68. The van der Waals surface area contributed by atoms with Crippen LogP contribution in [0.2, 0.25) is 0 Å². The molecule has 0 aromatic carbocycles. The number of nitrogens with one attached hydrogen (secondary N) is 1. The number of halogens is 1.